The molecule has 0 bridgehead atoms. The fourth-order valence-corrected chi connectivity index (χ4v) is 2.99. The molecule has 0 saturated carbocycles. The van der Waals surface area contributed by atoms with E-state index in [0.29, 0.717) is 5.56 Å². The van der Waals surface area contributed by atoms with E-state index in [9.17, 15) is 9.18 Å². The number of allylic oxidation sites excluding steroid dienone is 1. The Morgan fingerprint density at radius 3 is 2.50 bits per heavy atom. The number of carbonyl (C=O) groups is 1. The lowest BCUT2D eigenvalue weighted by molar-refractivity contribution is 0.0916. The van der Waals surface area contributed by atoms with Crippen molar-refractivity contribution in [2.75, 3.05) is 0 Å². The Balaban J connectivity index is 1.98. The Morgan fingerprint density at radius 2 is 1.86 bits per heavy atom. The van der Waals surface area contributed by atoms with Gasteiger partial charge in [-0.1, -0.05) is 49.4 Å². The van der Waals surface area contributed by atoms with Crippen molar-refractivity contribution in [3.8, 4) is 0 Å². The number of hydrogen-bond donors (Lipinski definition) is 1. The average molecular weight is 295 g/mol. The van der Waals surface area contributed by atoms with E-state index in [1.807, 2.05) is 38.1 Å². The van der Waals surface area contributed by atoms with Gasteiger partial charge in [0.25, 0.3) is 5.91 Å². The maximum atomic E-state index is 13.3. The van der Waals surface area contributed by atoms with Gasteiger partial charge in [0.1, 0.15) is 5.82 Å². The predicted octanol–water partition coefficient (Wildman–Crippen LogP) is 4.45. The fraction of sp³-hybridized carbons (Fsp3) is 0.211. The fourth-order valence-electron chi connectivity index (χ4n) is 2.99. The summed E-state index contributed by atoms with van der Waals surface area (Å²) < 4.78 is 13.3. The van der Waals surface area contributed by atoms with Crippen LogP contribution in [0.5, 0.6) is 0 Å². The van der Waals surface area contributed by atoms with Gasteiger partial charge >= 0.3 is 0 Å². The van der Waals surface area contributed by atoms with Crippen LogP contribution in [-0.2, 0) is 0 Å². The zero-order valence-corrected chi connectivity index (χ0v) is 12.7. The first kappa shape index (κ1) is 14.5. The van der Waals surface area contributed by atoms with Crippen LogP contribution in [0.25, 0.3) is 5.57 Å². The molecular formula is C19H18FNO. The summed E-state index contributed by atoms with van der Waals surface area (Å²) in [6.07, 6.45) is 0. The van der Waals surface area contributed by atoms with E-state index in [-0.39, 0.29) is 23.7 Å². The van der Waals surface area contributed by atoms with Crippen molar-refractivity contribution >= 4 is 11.5 Å². The summed E-state index contributed by atoms with van der Waals surface area (Å²) in [5.41, 5.74) is 4.45. The van der Waals surface area contributed by atoms with E-state index in [4.69, 9.17) is 0 Å². The Morgan fingerprint density at radius 1 is 1.18 bits per heavy atom. The molecule has 0 spiro atoms. The smallest absolute Gasteiger partial charge is 0.252 e. The summed E-state index contributed by atoms with van der Waals surface area (Å²) >= 11 is 0. The maximum Gasteiger partial charge on any atom is 0.252 e. The highest BCUT2D eigenvalue weighted by Gasteiger charge is 2.31. The number of halogens is 1. The Kier molecular flexibility index (Phi) is 3.57. The highest BCUT2D eigenvalue weighted by atomic mass is 19.1. The zero-order valence-electron chi connectivity index (χ0n) is 12.7. The molecule has 22 heavy (non-hydrogen) atoms. The van der Waals surface area contributed by atoms with Gasteiger partial charge in [-0.25, -0.2) is 4.39 Å². The molecule has 3 rings (SSSR count). The first-order chi connectivity index (χ1) is 10.5. The van der Waals surface area contributed by atoms with Gasteiger partial charge in [-0.3, -0.25) is 4.79 Å². The molecule has 1 amide bonds. The van der Waals surface area contributed by atoms with Crippen LogP contribution in [0.15, 0.2) is 49.0 Å². The van der Waals surface area contributed by atoms with Crippen LogP contribution in [0.3, 0.4) is 0 Å². The second-order valence-corrected chi connectivity index (χ2v) is 5.87. The van der Waals surface area contributed by atoms with E-state index in [0.717, 1.165) is 22.3 Å². The molecule has 0 aromatic heterocycles. The molecule has 1 heterocycles. The lowest BCUT2D eigenvalue weighted by Crippen LogP contribution is -2.37. The summed E-state index contributed by atoms with van der Waals surface area (Å²) in [7, 11) is 0. The van der Waals surface area contributed by atoms with Gasteiger partial charge in [-0.05, 0) is 35.7 Å². The quantitative estimate of drug-likeness (QED) is 0.871. The highest BCUT2D eigenvalue weighted by molar-refractivity contribution is 5.97. The molecule has 0 saturated heterocycles. The number of rotatable bonds is 2. The van der Waals surface area contributed by atoms with Crippen LogP contribution in [0.2, 0.25) is 0 Å². The predicted molar refractivity (Wildman–Crippen MR) is 86.2 cm³/mol. The Labute approximate surface area is 129 Å². The van der Waals surface area contributed by atoms with E-state index >= 15 is 0 Å². The molecule has 2 nitrogen and oxygen atoms in total. The number of nitrogens with one attached hydrogen (secondary N) is 1. The van der Waals surface area contributed by atoms with Crippen LogP contribution in [0.4, 0.5) is 4.39 Å². The summed E-state index contributed by atoms with van der Waals surface area (Å²) in [5, 5.41) is 2.99. The largest absolute Gasteiger partial charge is 0.345 e. The zero-order chi connectivity index (χ0) is 15.9. The topological polar surface area (TPSA) is 29.1 Å². The summed E-state index contributed by atoms with van der Waals surface area (Å²) in [6, 6.07) is 12.4. The van der Waals surface area contributed by atoms with Crippen molar-refractivity contribution < 1.29 is 9.18 Å². The van der Waals surface area contributed by atoms with Gasteiger partial charge in [0.05, 0.1) is 6.04 Å². The van der Waals surface area contributed by atoms with Gasteiger partial charge in [0.2, 0.25) is 0 Å². The summed E-state index contributed by atoms with van der Waals surface area (Å²) in [5.74, 6) is -0.518. The van der Waals surface area contributed by atoms with E-state index < -0.39 is 0 Å². The van der Waals surface area contributed by atoms with Crippen molar-refractivity contribution in [2.24, 2.45) is 0 Å². The SMILES string of the molecule is C=C(C)c1ccc(C2NC(=O)c3cc(F)ccc3C2C)cc1. The number of fused-ring (bicyclic) bond motifs is 1. The van der Waals surface area contributed by atoms with E-state index in [1.54, 1.807) is 6.07 Å². The number of amides is 1. The van der Waals surface area contributed by atoms with Crippen LogP contribution in [0.1, 0.15) is 52.9 Å². The van der Waals surface area contributed by atoms with Gasteiger partial charge in [-0.2, -0.15) is 0 Å². The van der Waals surface area contributed by atoms with Crippen molar-refractivity contribution in [3.63, 3.8) is 0 Å². The van der Waals surface area contributed by atoms with E-state index in [1.165, 1.54) is 12.1 Å². The van der Waals surface area contributed by atoms with Gasteiger partial charge in [-0.15, -0.1) is 0 Å². The summed E-state index contributed by atoms with van der Waals surface area (Å²) in [6.45, 7) is 7.94. The monoisotopic (exact) mass is 295 g/mol. The molecule has 2 unspecified atom stereocenters. The summed E-state index contributed by atoms with van der Waals surface area (Å²) in [4.78, 5) is 12.3. The molecule has 2 atom stereocenters. The van der Waals surface area contributed by atoms with E-state index in [2.05, 4.69) is 11.9 Å². The number of hydrogen-bond acceptors (Lipinski definition) is 1. The van der Waals surface area contributed by atoms with Gasteiger partial charge < -0.3 is 5.32 Å². The van der Waals surface area contributed by atoms with Crippen molar-refractivity contribution in [3.05, 3.63) is 77.1 Å². The Hall–Kier alpha value is -2.42. The minimum absolute atomic E-state index is 0.0870. The average Bonchev–Trinajstić information content (AvgIpc) is 2.51. The van der Waals surface area contributed by atoms with Crippen molar-refractivity contribution in [1.82, 2.24) is 5.32 Å². The molecule has 1 aliphatic rings. The third kappa shape index (κ3) is 2.43. The molecule has 3 heteroatoms. The standard InChI is InChI=1S/C19H18FNO/c1-11(2)13-4-6-14(7-5-13)18-12(3)16-9-8-15(20)10-17(16)19(22)21-18/h4-10,12,18H,1H2,2-3H3,(H,21,22). The number of carbonyl (C=O) groups excluding carboxylic acids is 1. The van der Waals surface area contributed by atoms with Crippen molar-refractivity contribution in [1.29, 1.82) is 0 Å². The third-order valence-corrected chi connectivity index (χ3v) is 4.30. The van der Waals surface area contributed by atoms with Gasteiger partial charge in [0, 0.05) is 11.5 Å². The second kappa shape index (κ2) is 5.41. The molecule has 2 aromatic rings. The number of benzene rings is 2. The molecule has 1 N–H and O–H groups in total. The van der Waals surface area contributed by atoms with Crippen LogP contribution < -0.4 is 5.32 Å². The first-order valence-electron chi connectivity index (χ1n) is 7.33. The maximum absolute atomic E-state index is 13.3. The molecule has 2 aromatic carbocycles. The normalized spacial score (nSPS) is 20.2. The van der Waals surface area contributed by atoms with Crippen molar-refractivity contribution in [2.45, 2.75) is 25.8 Å². The van der Waals surface area contributed by atoms with Crippen LogP contribution in [0, 0.1) is 5.82 Å². The molecule has 0 aliphatic carbocycles. The molecular weight excluding hydrogens is 277 g/mol. The third-order valence-electron chi connectivity index (χ3n) is 4.30. The Bertz CT molecular complexity index is 749. The van der Waals surface area contributed by atoms with Crippen LogP contribution >= 0.6 is 0 Å². The molecule has 0 fully saturated rings. The van der Waals surface area contributed by atoms with Gasteiger partial charge in [0.15, 0.2) is 0 Å². The lowest BCUT2D eigenvalue weighted by Gasteiger charge is -2.32. The minimum Gasteiger partial charge on any atom is -0.345 e. The van der Waals surface area contributed by atoms with Crippen LogP contribution in [-0.4, -0.2) is 5.91 Å². The minimum atomic E-state index is -0.384. The lowest BCUT2D eigenvalue weighted by atomic mass is 9.82. The highest BCUT2D eigenvalue weighted by Crippen LogP contribution is 2.36. The second-order valence-electron chi connectivity index (χ2n) is 5.87. The molecule has 112 valence electrons. The first-order valence-corrected chi connectivity index (χ1v) is 7.33. The molecule has 1 aliphatic heterocycles. The molecule has 0 radical (unpaired) electrons.